The van der Waals surface area contributed by atoms with E-state index < -0.39 is 0 Å². The lowest BCUT2D eigenvalue weighted by molar-refractivity contribution is -0.118. The van der Waals surface area contributed by atoms with E-state index in [1.54, 1.807) is 17.8 Å². The van der Waals surface area contributed by atoms with Gasteiger partial charge in [-0.3, -0.25) is 14.5 Å². The Morgan fingerprint density at radius 1 is 1.30 bits per heavy atom. The minimum absolute atomic E-state index is 0.0220. The zero-order valence-electron chi connectivity index (χ0n) is 15.1. The molecule has 0 atom stereocenters. The van der Waals surface area contributed by atoms with Crippen molar-refractivity contribution < 1.29 is 18.7 Å². The Bertz CT molecular complexity index is 833. The van der Waals surface area contributed by atoms with E-state index in [2.05, 4.69) is 10.2 Å². The molecule has 2 aromatic rings. The van der Waals surface area contributed by atoms with Crippen LogP contribution in [-0.2, 0) is 16.1 Å². The van der Waals surface area contributed by atoms with Crippen molar-refractivity contribution in [1.29, 1.82) is 0 Å². The summed E-state index contributed by atoms with van der Waals surface area (Å²) < 4.78 is 16.1. The minimum atomic E-state index is -0.343. The minimum Gasteiger partial charge on any atom is -0.477 e. The van der Waals surface area contributed by atoms with Gasteiger partial charge in [-0.25, -0.2) is 0 Å². The number of nitrogens with zero attached hydrogens (tertiary/aromatic N) is 1. The molecule has 1 amide bonds. The molecule has 1 saturated heterocycles. The number of ether oxygens (including phenoxy) is 2. The van der Waals surface area contributed by atoms with Crippen molar-refractivity contribution in [2.75, 3.05) is 44.5 Å². The van der Waals surface area contributed by atoms with Gasteiger partial charge in [0, 0.05) is 29.7 Å². The molecular formula is C19H22N2O5S. The quantitative estimate of drug-likeness (QED) is 0.726. The molecule has 0 saturated carbocycles. The molecule has 144 valence electrons. The molecule has 1 aromatic carbocycles. The number of hydrogen-bond donors (Lipinski definition) is 1. The SMILES string of the molecule is CSc1cccc(NC(=O)COc2coc(CN3CCOCC3)cc2=O)c1. The van der Waals surface area contributed by atoms with Crippen molar-refractivity contribution >= 4 is 23.4 Å². The monoisotopic (exact) mass is 390 g/mol. The van der Waals surface area contributed by atoms with E-state index >= 15 is 0 Å². The fraction of sp³-hybridized carbons (Fsp3) is 0.368. The third-order valence-electron chi connectivity index (χ3n) is 4.05. The smallest absolute Gasteiger partial charge is 0.262 e. The number of carbonyl (C=O) groups is 1. The summed E-state index contributed by atoms with van der Waals surface area (Å²) in [6.07, 6.45) is 3.23. The van der Waals surface area contributed by atoms with Crippen molar-refractivity contribution in [2.45, 2.75) is 11.4 Å². The number of amides is 1. The number of rotatable bonds is 7. The zero-order valence-corrected chi connectivity index (χ0v) is 15.9. The Morgan fingerprint density at radius 3 is 2.85 bits per heavy atom. The molecule has 8 heteroatoms. The first-order chi connectivity index (χ1) is 13.1. The van der Waals surface area contributed by atoms with E-state index in [1.165, 1.54) is 12.3 Å². The Labute approximate surface area is 161 Å². The predicted octanol–water partition coefficient (Wildman–Crippen LogP) is 2.21. The van der Waals surface area contributed by atoms with Crippen molar-refractivity contribution in [1.82, 2.24) is 4.90 Å². The van der Waals surface area contributed by atoms with Crippen LogP contribution in [0.1, 0.15) is 5.76 Å². The van der Waals surface area contributed by atoms with E-state index in [4.69, 9.17) is 13.9 Å². The summed E-state index contributed by atoms with van der Waals surface area (Å²) in [4.78, 5) is 27.4. The number of benzene rings is 1. The second-order valence-electron chi connectivity index (χ2n) is 6.03. The highest BCUT2D eigenvalue weighted by Crippen LogP contribution is 2.19. The van der Waals surface area contributed by atoms with Crippen molar-refractivity contribution in [2.24, 2.45) is 0 Å². The molecule has 1 aromatic heterocycles. The molecule has 0 unspecified atom stereocenters. The van der Waals surface area contributed by atoms with Crippen LogP contribution < -0.4 is 15.5 Å². The first-order valence-electron chi connectivity index (χ1n) is 8.62. The van der Waals surface area contributed by atoms with Crippen LogP contribution in [-0.4, -0.2) is 50.0 Å². The molecule has 1 N–H and O–H groups in total. The topological polar surface area (TPSA) is 81.0 Å². The molecule has 1 aliphatic heterocycles. The fourth-order valence-corrected chi connectivity index (χ4v) is 3.11. The van der Waals surface area contributed by atoms with Gasteiger partial charge in [-0.2, -0.15) is 0 Å². The highest BCUT2D eigenvalue weighted by molar-refractivity contribution is 7.98. The molecule has 1 fully saturated rings. The third-order valence-corrected chi connectivity index (χ3v) is 4.77. The second kappa shape index (κ2) is 9.59. The average molecular weight is 390 g/mol. The summed E-state index contributed by atoms with van der Waals surface area (Å²) in [6.45, 7) is 3.25. The summed E-state index contributed by atoms with van der Waals surface area (Å²) in [5, 5.41) is 2.74. The lowest BCUT2D eigenvalue weighted by Crippen LogP contribution is -2.35. The lowest BCUT2D eigenvalue weighted by Gasteiger charge is -2.25. The maximum Gasteiger partial charge on any atom is 0.262 e. The van der Waals surface area contributed by atoms with Crippen molar-refractivity contribution in [3.63, 3.8) is 0 Å². The highest BCUT2D eigenvalue weighted by atomic mass is 32.2. The van der Waals surface area contributed by atoms with Crippen LogP contribution in [0.3, 0.4) is 0 Å². The van der Waals surface area contributed by atoms with Crippen molar-refractivity contribution in [3.8, 4) is 5.75 Å². The van der Waals surface area contributed by atoms with E-state index in [9.17, 15) is 9.59 Å². The maximum absolute atomic E-state index is 12.2. The van der Waals surface area contributed by atoms with Crippen molar-refractivity contribution in [3.05, 3.63) is 52.6 Å². The molecule has 2 heterocycles. The van der Waals surface area contributed by atoms with Gasteiger partial charge in [0.25, 0.3) is 5.91 Å². The molecule has 0 bridgehead atoms. The van der Waals surface area contributed by atoms with Gasteiger partial charge in [-0.05, 0) is 24.5 Å². The average Bonchev–Trinajstić information content (AvgIpc) is 2.68. The van der Waals surface area contributed by atoms with E-state index in [0.717, 1.165) is 18.0 Å². The number of thioether (sulfide) groups is 1. The molecule has 0 radical (unpaired) electrons. The predicted molar refractivity (Wildman–Crippen MR) is 103 cm³/mol. The van der Waals surface area contributed by atoms with Gasteiger partial charge in [0.05, 0.1) is 19.8 Å². The van der Waals surface area contributed by atoms with Gasteiger partial charge < -0.3 is 19.2 Å². The summed E-state index contributed by atoms with van der Waals surface area (Å²) >= 11 is 1.59. The second-order valence-corrected chi connectivity index (χ2v) is 6.91. The van der Waals surface area contributed by atoms with Crippen LogP contribution in [0.25, 0.3) is 0 Å². The Hall–Kier alpha value is -2.29. The Kier molecular flexibility index (Phi) is 6.92. The van der Waals surface area contributed by atoms with Crippen LogP contribution in [0.5, 0.6) is 5.75 Å². The number of anilines is 1. The largest absolute Gasteiger partial charge is 0.477 e. The van der Waals surface area contributed by atoms with Crippen LogP contribution in [0, 0.1) is 0 Å². The standard InChI is InChI=1S/C19H22N2O5S/c1-27-16-4-2-3-14(9-16)20-19(23)13-26-18-12-25-15(10-17(18)22)11-21-5-7-24-8-6-21/h2-4,9-10,12H,5-8,11,13H2,1H3,(H,20,23). The molecule has 7 nitrogen and oxygen atoms in total. The first-order valence-corrected chi connectivity index (χ1v) is 9.85. The Balaban J connectivity index is 1.52. The summed E-state index contributed by atoms with van der Waals surface area (Å²) in [7, 11) is 0. The zero-order chi connectivity index (χ0) is 19.1. The van der Waals surface area contributed by atoms with Gasteiger partial charge in [0.2, 0.25) is 11.2 Å². The molecule has 0 aliphatic carbocycles. The van der Waals surface area contributed by atoms with Gasteiger partial charge >= 0.3 is 0 Å². The number of hydrogen-bond acceptors (Lipinski definition) is 7. The normalized spacial score (nSPS) is 14.7. The van der Waals surface area contributed by atoms with Gasteiger partial charge in [-0.15, -0.1) is 11.8 Å². The summed E-state index contributed by atoms with van der Waals surface area (Å²) in [5.41, 5.74) is 0.380. The highest BCUT2D eigenvalue weighted by Gasteiger charge is 2.14. The van der Waals surface area contributed by atoms with Crippen LogP contribution in [0.4, 0.5) is 5.69 Å². The third kappa shape index (κ3) is 5.85. The molecule has 1 aliphatic rings. The number of carbonyl (C=O) groups excluding carboxylic acids is 1. The van der Waals surface area contributed by atoms with E-state index in [1.807, 2.05) is 24.5 Å². The molecule has 3 rings (SSSR count). The van der Waals surface area contributed by atoms with Gasteiger partial charge in [0.15, 0.2) is 6.61 Å². The van der Waals surface area contributed by atoms with Crippen LogP contribution in [0.15, 0.2) is 50.7 Å². The van der Waals surface area contributed by atoms with Crippen LogP contribution in [0.2, 0.25) is 0 Å². The fourth-order valence-electron chi connectivity index (χ4n) is 2.65. The molecule has 0 spiro atoms. The van der Waals surface area contributed by atoms with Crippen LogP contribution >= 0.6 is 11.8 Å². The molecular weight excluding hydrogens is 368 g/mol. The summed E-state index contributed by atoms with van der Waals surface area (Å²) in [5.74, 6) is 0.242. The van der Waals surface area contributed by atoms with E-state index in [0.29, 0.717) is 31.2 Å². The molecule has 27 heavy (non-hydrogen) atoms. The Morgan fingerprint density at radius 2 is 2.11 bits per heavy atom. The van der Waals surface area contributed by atoms with E-state index in [-0.39, 0.29) is 23.7 Å². The number of nitrogens with one attached hydrogen (secondary N) is 1. The number of morpholine rings is 1. The maximum atomic E-state index is 12.2. The lowest BCUT2D eigenvalue weighted by atomic mass is 10.3. The van der Waals surface area contributed by atoms with Gasteiger partial charge in [-0.1, -0.05) is 6.07 Å². The summed E-state index contributed by atoms with van der Waals surface area (Å²) in [6, 6.07) is 8.90. The first kappa shape index (κ1) is 19.5. The van der Waals surface area contributed by atoms with Gasteiger partial charge in [0.1, 0.15) is 12.0 Å².